The molecule has 116 valence electrons. The molecule has 5 nitrogen and oxygen atoms in total. The molecule has 0 fully saturated rings. The van der Waals surface area contributed by atoms with Gasteiger partial charge >= 0.3 is 0 Å². The molecule has 0 radical (unpaired) electrons. The van der Waals surface area contributed by atoms with Crippen LogP contribution in [0.2, 0.25) is 0 Å². The van der Waals surface area contributed by atoms with Crippen LogP contribution >= 0.6 is 0 Å². The van der Waals surface area contributed by atoms with Gasteiger partial charge in [-0.2, -0.15) is 0 Å². The van der Waals surface area contributed by atoms with Crippen molar-refractivity contribution in [1.29, 1.82) is 0 Å². The lowest BCUT2D eigenvalue weighted by atomic mass is 10.1. The summed E-state index contributed by atoms with van der Waals surface area (Å²) in [5, 5.41) is 8.69. The van der Waals surface area contributed by atoms with Crippen LogP contribution in [-0.4, -0.2) is 30.9 Å². The molecule has 1 aromatic rings. The van der Waals surface area contributed by atoms with Gasteiger partial charge in [-0.1, -0.05) is 19.4 Å². The first kappa shape index (κ1) is 17.2. The Morgan fingerprint density at radius 3 is 2.67 bits per heavy atom. The molecule has 0 saturated carbocycles. The molecule has 21 heavy (non-hydrogen) atoms. The van der Waals surface area contributed by atoms with E-state index in [0.717, 1.165) is 19.4 Å². The van der Waals surface area contributed by atoms with Crippen molar-refractivity contribution in [3.05, 3.63) is 29.8 Å². The Labute approximate surface area is 126 Å². The van der Waals surface area contributed by atoms with Crippen molar-refractivity contribution in [2.75, 3.05) is 18.4 Å². The Kier molecular flexibility index (Phi) is 7.46. The predicted molar refractivity (Wildman–Crippen MR) is 85.5 cm³/mol. The topological polar surface area (TPSA) is 70.2 Å². The fraction of sp³-hybridized carbons (Fsp3) is 0.500. The van der Waals surface area contributed by atoms with Gasteiger partial charge in [-0.15, -0.1) is 0 Å². The van der Waals surface area contributed by atoms with Gasteiger partial charge in [0.05, 0.1) is 6.54 Å². The standard InChI is InChI=1S/C16H25N3O2/c1-4-5-9-17-11-15(20)19-14-8-6-7-13(10-14)16(21)18-12(2)3/h6-8,10,12,17H,4-5,9,11H2,1-3H3,(H,18,21)(H,19,20). The molecule has 0 aliphatic rings. The zero-order valence-electron chi connectivity index (χ0n) is 13.0. The van der Waals surface area contributed by atoms with Gasteiger partial charge < -0.3 is 16.0 Å². The molecular formula is C16H25N3O2. The molecule has 0 heterocycles. The van der Waals surface area contributed by atoms with Crippen LogP contribution in [0.25, 0.3) is 0 Å². The second-order valence-electron chi connectivity index (χ2n) is 5.29. The molecule has 0 aliphatic carbocycles. The summed E-state index contributed by atoms with van der Waals surface area (Å²) in [7, 11) is 0. The third kappa shape index (κ3) is 6.90. The quantitative estimate of drug-likeness (QED) is 0.643. The SMILES string of the molecule is CCCCNCC(=O)Nc1cccc(C(=O)NC(C)C)c1. The number of hydrogen-bond acceptors (Lipinski definition) is 3. The van der Waals surface area contributed by atoms with E-state index < -0.39 is 0 Å². The van der Waals surface area contributed by atoms with E-state index in [0.29, 0.717) is 11.3 Å². The van der Waals surface area contributed by atoms with Gasteiger partial charge in [0.1, 0.15) is 0 Å². The fourth-order valence-corrected chi connectivity index (χ4v) is 1.79. The maximum atomic E-state index is 11.9. The number of anilines is 1. The second kappa shape index (κ2) is 9.13. The summed E-state index contributed by atoms with van der Waals surface area (Å²) in [6.07, 6.45) is 2.15. The number of unbranched alkanes of at least 4 members (excludes halogenated alkanes) is 1. The largest absolute Gasteiger partial charge is 0.350 e. The Bertz CT molecular complexity index is 472. The van der Waals surface area contributed by atoms with Gasteiger partial charge in [0.15, 0.2) is 0 Å². The highest BCUT2D eigenvalue weighted by Gasteiger charge is 2.08. The van der Waals surface area contributed by atoms with Crippen molar-refractivity contribution in [2.24, 2.45) is 0 Å². The van der Waals surface area contributed by atoms with Crippen LogP contribution in [0.1, 0.15) is 44.0 Å². The highest BCUT2D eigenvalue weighted by atomic mass is 16.2. The van der Waals surface area contributed by atoms with Crippen LogP contribution in [0.4, 0.5) is 5.69 Å². The summed E-state index contributed by atoms with van der Waals surface area (Å²) in [5.41, 5.74) is 1.18. The van der Waals surface area contributed by atoms with Crippen LogP contribution in [0.3, 0.4) is 0 Å². The van der Waals surface area contributed by atoms with Crippen molar-refractivity contribution >= 4 is 17.5 Å². The number of carbonyl (C=O) groups is 2. The normalized spacial score (nSPS) is 10.5. The monoisotopic (exact) mass is 291 g/mol. The van der Waals surface area contributed by atoms with Gasteiger partial charge in [-0.25, -0.2) is 0 Å². The molecule has 5 heteroatoms. The van der Waals surface area contributed by atoms with E-state index in [2.05, 4.69) is 22.9 Å². The van der Waals surface area contributed by atoms with E-state index in [1.165, 1.54) is 0 Å². The summed E-state index contributed by atoms with van der Waals surface area (Å²) in [6, 6.07) is 7.03. The first-order chi connectivity index (χ1) is 10.0. The average molecular weight is 291 g/mol. The molecule has 2 amide bonds. The number of amides is 2. The van der Waals surface area contributed by atoms with Crippen LogP contribution in [0, 0.1) is 0 Å². The molecular weight excluding hydrogens is 266 g/mol. The summed E-state index contributed by atoms with van der Waals surface area (Å²) in [4.78, 5) is 23.7. The summed E-state index contributed by atoms with van der Waals surface area (Å²) < 4.78 is 0. The highest BCUT2D eigenvalue weighted by Crippen LogP contribution is 2.10. The van der Waals surface area contributed by atoms with Crippen molar-refractivity contribution in [2.45, 2.75) is 39.7 Å². The van der Waals surface area contributed by atoms with Crippen molar-refractivity contribution in [3.63, 3.8) is 0 Å². The predicted octanol–water partition coefficient (Wildman–Crippen LogP) is 2.15. The molecule has 0 saturated heterocycles. The first-order valence-electron chi connectivity index (χ1n) is 7.44. The van der Waals surface area contributed by atoms with E-state index in [4.69, 9.17) is 0 Å². The Morgan fingerprint density at radius 1 is 1.24 bits per heavy atom. The van der Waals surface area contributed by atoms with Gasteiger partial charge in [-0.3, -0.25) is 9.59 Å². The van der Waals surface area contributed by atoms with E-state index in [-0.39, 0.29) is 24.4 Å². The zero-order chi connectivity index (χ0) is 15.7. The maximum Gasteiger partial charge on any atom is 0.251 e. The molecule has 3 N–H and O–H groups in total. The number of hydrogen-bond donors (Lipinski definition) is 3. The van der Waals surface area contributed by atoms with Crippen LogP contribution in [0.15, 0.2) is 24.3 Å². The van der Waals surface area contributed by atoms with Gasteiger partial charge in [-0.05, 0) is 45.0 Å². The molecule has 1 rings (SSSR count). The minimum atomic E-state index is -0.137. The Morgan fingerprint density at radius 2 is 2.00 bits per heavy atom. The van der Waals surface area contributed by atoms with Gasteiger partial charge in [0, 0.05) is 17.3 Å². The number of carbonyl (C=O) groups excluding carboxylic acids is 2. The first-order valence-corrected chi connectivity index (χ1v) is 7.44. The van der Waals surface area contributed by atoms with Gasteiger partial charge in [0.2, 0.25) is 5.91 Å². The van der Waals surface area contributed by atoms with Crippen molar-refractivity contribution < 1.29 is 9.59 Å². The molecule has 0 bridgehead atoms. The van der Waals surface area contributed by atoms with Crippen LogP contribution in [-0.2, 0) is 4.79 Å². The highest BCUT2D eigenvalue weighted by molar-refractivity contribution is 5.97. The maximum absolute atomic E-state index is 11.9. The van der Waals surface area contributed by atoms with Crippen LogP contribution in [0.5, 0.6) is 0 Å². The van der Waals surface area contributed by atoms with E-state index in [9.17, 15) is 9.59 Å². The molecule has 0 aliphatic heterocycles. The summed E-state index contributed by atoms with van der Waals surface area (Å²) in [6.45, 7) is 7.04. The fourth-order valence-electron chi connectivity index (χ4n) is 1.79. The van der Waals surface area contributed by atoms with E-state index >= 15 is 0 Å². The summed E-state index contributed by atoms with van der Waals surface area (Å²) in [5.74, 6) is -0.241. The third-order valence-electron chi connectivity index (χ3n) is 2.82. The number of benzene rings is 1. The van der Waals surface area contributed by atoms with Crippen LogP contribution < -0.4 is 16.0 Å². The minimum Gasteiger partial charge on any atom is -0.350 e. The zero-order valence-corrected chi connectivity index (χ0v) is 13.0. The lowest BCUT2D eigenvalue weighted by Crippen LogP contribution is -2.30. The average Bonchev–Trinajstić information content (AvgIpc) is 2.43. The minimum absolute atomic E-state index is 0.0820. The molecule has 0 aromatic heterocycles. The second-order valence-corrected chi connectivity index (χ2v) is 5.29. The molecule has 1 aromatic carbocycles. The Balaban J connectivity index is 2.52. The lowest BCUT2D eigenvalue weighted by molar-refractivity contribution is -0.115. The van der Waals surface area contributed by atoms with Gasteiger partial charge in [0.25, 0.3) is 5.91 Å². The smallest absolute Gasteiger partial charge is 0.251 e. The van der Waals surface area contributed by atoms with E-state index in [1.807, 2.05) is 13.8 Å². The third-order valence-corrected chi connectivity index (χ3v) is 2.82. The summed E-state index contributed by atoms with van der Waals surface area (Å²) >= 11 is 0. The Hall–Kier alpha value is -1.88. The van der Waals surface area contributed by atoms with Crippen molar-refractivity contribution in [3.8, 4) is 0 Å². The van der Waals surface area contributed by atoms with Crippen molar-refractivity contribution in [1.82, 2.24) is 10.6 Å². The molecule has 0 unspecified atom stereocenters. The number of nitrogens with one attached hydrogen (secondary N) is 3. The van der Waals surface area contributed by atoms with E-state index in [1.54, 1.807) is 24.3 Å². The lowest BCUT2D eigenvalue weighted by Gasteiger charge is -2.10. The molecule has 0 spiro atoms. The molecule has 0 atom stereocenters. The number of rotatable bonds is 8.